The van der Waals surface area contributed by atoms with Crippen molar-refractivity contribution in [2.75, 3.05) is 0 Å². The molecule has 40 heavy (non-hydrogen) atoms. The quantitative estimate of drug-likeness (QED) is 0.249. The molecule has 204 valence electrons. The largest absolute Gasteiger partial charge is 0.459 e. The number of carbonyl (C=O) groups is 3. The highest BCUT2D eigenvalue weighted by molar-refractivity contribution is 5.87. The van der Waals surface area contributed by atoms with Gasteiger partial charge in [-0.3, -0.25) is 0 Å². The molecule has 0 spiro atoms. The van der Waals surface area contributed by atoms with Crippen molar-refractivity contribution >= 4 is 18.0 Å². The molecule has 0 fully saturated rings. The molecule has 2 atom stereocenters. The van der Waals surface area contributed by atoms with E-state index in [1.54, 1.807) is 0 Å². The molecule has 0 aliphatic heterocycles. The first kappa shape index (κ1) is 28.1. The molecular weight excluding hydrogens is 504 g/mol. The Bertz CT molecular complexity index is 1240. The first-order valence-corrected chi connectivity index (χ1v) is 13.1. The number of rotatable bonds is 12. The Morgan fingerprint density at radius 2 is 0.775 bits per heavy atom. The third kappa shape index (κ3) is 9.13. The number of nitrogens with one attached hydrogen (secondary N) is 2. The van der Waals surface area contributed by atoms with E-state index in [-0.39, 0.29) is 26.1 Å². The van der Waals surface area contributed by atoms with E-state index >= 15 is 0 Å². The Morgan fingerprint density at radius 3 is 1.10 bits per heavy atom. The van der Waals surface area contributed by atoms with Gasteiger partial charge in [-0.05, 0) is 22.3 Å². The van der Waals surface area contributed by atoms with E-state index in [1.165, 1.54) is 0 Å². The van der Waals surface area contributed by atoms with E-state index in [0.717, 1.165) is 22.3 Å². The maximum atomic E-state index is 13.2. The minimum atomic E-state index is -0.969. The minimum absolute atomic E-state index is 0.0801. The lowest BCUT2D eigenvalue weighted by Crippen LogP contribution is -2.53. The van der Waals surface area contributed by atoms with Crippen LogP contribution in [0.25, 0.3) is 0 Å². The van der Waals surface area contributed by atoms with Crippen LogP contribution in [-0.4, -0.2) is 30.1 Å². The van der Waals surface area contributed by atoms with Crippen molar-refractivity contribution in [3.05, 3.63) is 144 Å². The highest BCUT2D eigenvalue weighted by atomic mass is 16.5. The number of ether oxygens (including phenoxy) is 2. The number of urea groups is 1. The molecule has 0 saturated carbocycles. The van der Waals surface area contributed by atoms with Gasteiger partial charge in [-0.25, -0.2) is 14.4 Å². The van der Waals surface area contributed by atoms with Gasteiger partial charge in [0.2, 0.25) is 0 Å². The van der Waals surface area contributed by atoms with E-state index in [0.29, 0.717) is 0 Å². The molecule has 7 heteroatoms. The third-order valence-corrected chi connectivity index (χ3v) is 6.19. The summed E-state index contributed by atoms with van der Waals surface area (Å²) in [6, 6.07) is 34.7. The fourth-order valence-corrected chi connectivity index (χ4v) is 4.10. The lowest BCUT2D eigenvalue weighted by Gasteiger charge is -2.22. The smallest absolute Gasteiger partial charge is 0.329 e. The Labute approximate surface area is 234 Å². The third-order valence-electron chi connectivity index (χ3n) is 6.19. The molecule has 0 heterocycles. The van der Waals surface area contributed by atoms with Crippen LogP contribution in [0.15, 0.2) is 121 Å². The zero-order valence-corrected chi connectivity index (χ0v) is 22.1. The van der Waals surface area contributed by atoms with Gasteiger partial charge in [0.1, 0.15) is 25.3 Å². The van der Waals surface area contributed by atoms with Crippen LogP contribution in [0.3, 0.4) is 0 Å². The van der Waals surface area contributed by atoms with Crippen molar-refractivity contribution < 1.29 is 23.9 Å². The number of hydrogen-bond acceptors (Lipinski definition) is 5. The van der Waals surface area contributed by atoms with Crippen molar-refractivity contribution in [2.45, 2.75) is 38.1 Å². The molecule has 0 bridgehead atoms. The number of hydrogen-bond donors (Lipinski definition) is 2. The van der Waals surface area contributed by atoms with Crippen molar-refractivity contribution in [1.29, 1.82) is 0 Å². The highest BCUT2D eigenvalue weighted by Crippen LogP contribution is 2.10. The SMILES string of the molecule is O=C(N[C@@H](Cc1ccccc1)C(=O)OCc1ccccc1)N[C@@H](Cc1ccccc1)C(=O)OCc1ccccc1. The zero-order valence-electron chi connectivity index (χ0n) is 22.1. The molecule has 0 saturated heterocycles. The molecule has 0 aliphatic carbocycles. The molecule has 4 aromatic rings. The molecule has 0 radical (unpaired) electrons. The summed E-state index contributed by atoms with van der Waals surface area (Å²) < 4.78 is 11.1. The van der Waals surface area contributed by atoms with E-state index in [2.05, 4.69) is 10.6 Å². The van der Waals surface area contributed by atoms with Crippen molar-refractivity contribution in [2.24, 2.45) is 0 Å². The van der Waals surface area contributed by atoms with Crippen LogP contribution in [0.2, 0.25) is 0 Å². The van der Waals surface area contributed by atoms with E-state index in [9.17, 15) is 14.4 Å². The Kier molecular flexibility index (Phi) is 10.5. The van der Waals surface area contributed by atoms with Gasteiger partial charge in [0.15, 0.2) is 0 Å². The lowest BCUT2D eigenvalue weighted by molar-refractivity contribution is -0.147. The van der Waals surface area contributed by atoms with Crippen molar-refractivity contribution in [3.8, 4) is 0 Å². The topological polar surface area (TPSA) is 93.7 Å². The second-order valence-corrected chi connectivity index (χ2v) is 9.29. The summed E-state index contributed by atoms with van der Waals surface area (Å²) in [4.78, 5) is 39.3. The van der Waals surface area contributed by atoms with Crippen LogP contribution >= 0.6 is 0 Å². The van der Waals surface area contributed by atoms with Crippen molar-refractivity contribution in [1.82, 2.24) is 10.6 Å². The molecule has 4 aromatic carbocycles. The highest BCUT2D eigenvalue weighted by Gasteiger charge is 2.27. The number of carbonyl (C=O) groups excluding carboxylic acids is 3. The maximum Gasteiger partial charge on any atom is 0.329 e. The van der Waals surface area contributed by atoms with Gasteiger partial charge >= 0.3 is 18.0 Å². The van der Waals surface area contributed by atoms with Gasteiger partial charge in [-0.15, -0.1) is 0 Å². The Morgan fingerprint density at radius 1 is 0.475 bits per heavy atom. The van der Waals surface area contributed by atoms with Gasteiger partial charge in [0.25, 0.3) is 0 Å². The number of benzene rings is 4. The number of esters is 2. The van der Waals surface area contributed by atoms with Crippen molar-refractivity contribution in [3.63, 3.8) is 0 Å². The van der Waals surface area contributed by atoms with Gasteiger partial charge < -0.3 is 20.1 Å². The molecule has 2 amide bonds. The monoisotopic (exact) mass is 536 g/mol. The first-order chi connectivity index (χ1) is 19.6. The molecule has 0 aromatic heterocycles. The molecule has 2 N–H and O–H groups in total. The summed E-state index contributed by atoms with van der Waals surface area (Å²) in [5.74, 6) is -1.15. The second kappa shape index (κ2) is 14.9. The van der Waals surface area contributed by atoms with Gasteiger partial charge in [-0.1, -0.05) is 121 Å². The molecular formula is C33H32N2O5. The minimum Gasteiger partial charge on any atom is -0.459 e. The van der Waals surface area contributed by atoms with Crippen LogP contribution in [0.4, 0.5) is 4.79 Å². The Hall–Kier alpha value is -4.91. The predicted octanol–water partition coefficient (Wildman–Crippen LogP) is 5.00. The van der Waals surface area contributed by atoms with Crippen LogP contribution in [0.5, 0.6) is 0 Å². The van der Waals surface area contributed by atoms with E-state index in [1.807, 2.05) is 121 Å². The zero-order chi connectivity index (χ0) is 28.0. The van der Waals surface area contributed by atoms with Gasteiger partial charge in [0, 0.05) is 12.8 Å². The molecule has 0 aliphatic rings. The second-order valence-electron chi connectivity index (χ2n) is 9.29. The Balaban J connectivity index is 1.44. The van der Waals surface area contributed by atoms with Gasteiger partial charge in [0.05, 0.1) is 0 Å². The van der Waals surface area contributed by atoms with Crippen LogP contribution in [-0.2, 0) is 45.1 Å². The molecule has 0 unspecified atom stereocenters. The van der Waals surface area contributed by atoms with Crippen LogP contribution in [0.1, 0.15) is 22.3 Å². The molecule has 7 nitrogen and oxygen atoms in total. The molecule has 4 rings (SSSR count). The van der Waals surface area contributed by atoms with E-state index in [4.69, 9.17) is 9.47 Å². The van der Waals surface area contributed by atoms with Crippen LogP contribution < -0.4 is 10.6 Å². The average molecular weight is 537 g/mol. The number of amides is 2. The summed E-state index contributed by atoms with van der Waals surface area (Å²) in [5, 5.41) is 5.43. The van der Waals surface area contributed by atoms with Crippen LogP contribution in [0, 0.1) is 0 Å². The summed E-state index contributed by atoms with van der Waals surface area (Å²) in [5.41, 5.74) is 3.38. The normalized spacial score (nSPS) is 12.0. The summed E-state index contributed by atoms with van der Waals surface area (Å²) in [6.07, 6.45) is 0.452. The standard InChI is InChI=1S/C33H32N2O5/c36-31(39-23-27-17-9-3-10-18-27)29(21-25-13-5-1-6-14-25)34-33(38)35-30(22-26-15-7-2-8-16-26)32(37)40-24-28-19-11-4-12-20-28/h1-20,29-30H,21-24H2,(H2,34,35,38)/t29-,30-/m0/s1. The van der Waals surface area contributed by atoms with Gasteiger partial charge in [-0.2, -0.15) is 0 Å². The fourth-order valence-electron chi connectivity index (χ4n) is 4.10. The first-order valence-electron chi connectivity index (χ1n) is 13.1. The maximum absolute atomic E-state index is 13.2. The average Bonchev–Trinajstić information content (AvgIpc) is 3.00. The summed E-state index contributed by atoms with van der Waals surface area (Å²) in [7, 11) is 0. The summed E-state index contributed by atoms with van der Waals surface area (Å²) >= 11 is 0. The van der Waals surface area contributed by atoms with E-state index < -0.39 is 30.1 Å². The predicted molar refractivity (Wildman–Crippen MR) is 152 cm³/mol. The fraction of sp³-hybridized carbons (Fsp3) is 0.182. The summed E-state index contributed by atoms with van der Waals surface area (Å²) in [6.45, 7) is 0.160. The lowest BCUT2D eigenvalue weighted by atomic mass is 10.1.